The largest absolute Gasteiger partial charge is 0.311 e. The number of anilines is 1. The fourth-order valence-corrected chi connectivity index (χ4v) is 4.19. The van der Waals surface area contributed by atoms with E-state index >= 15 is 0 Å². The molecule has 1 aromatic carbocycles. The molecule has 0 saturated heterocycles. The highest BCUT2D eigenvalue weighted by atomic mass is 32.2. The summed E-state index contributed by atoms with van der Waals surface area (Å²) in [5, 5.41) is 20.1. The smallest absolute Gasteiger partial charge is 0.237 e. The lowest BCUT2D eigenvalue weighted by molar-refractivity contribution is -0.116. The standard InChI is InChI=1S/C20H19N5OS2/c1-2-12-25-19(17-10-6-14-27-17)22-23-20(25)28-15-18(26)24(13-7-11-21)16-8-4-3-5-9-16/h2-6,8-10,14H,1,7,12-13,15H2. The first kappa shape index (κ1) is 19.9. The summed E-state index contributed by atoms with van der Waals surface area (Å²) in [6.07, 6.45) is 2.07. The SMILES string of the molecule is C=CCn1c(SCC(=O)N(CCC#N)c2ccccc2)nnc1-c1cccs1. The van der Waals surface area contributed by atoms with Crippen LogP contribution in [0.25, 0.3) is 10.7 Å². The van der Waals surface area contributed by atoms with Crippen molar-refractivity contribution < 1.29 is 4.79 Å². The summed E-state index contributed by atoms with van der Waals surface area (Å²) < 4.78 is 1.96. The van der Waals surface area contributed by atoms with Gasteiger partial charge in [-0.1, -0.05) is 42.1 Å². The number of rotatable bonds is 9. The number of aromatic nitrogens is 3. The second-order valence-electron chi connectivity index (χ2n) is 5.76. The van der Waals surface area contributed by atoms with Crippen molar-refractivity contribution in [2.24, 2.45) is 0 Å². The molecule has 6 nitrogen and oxygen atoms in total. The molecule has 0 aliphatic carbocycles. The van der Waals surface area contributed by atoms with E-state index in [1.54, 1.807) is 22.3 Å². The van der Waals surface area contributed by atoms with Gasteiger partial charge in [0.25, 0.3) is 0 Å². The van der Waals surface area contributed by atoms with Crippen LogP contribution in [0.5, 0.6) is 0 Å². The van der Waals surface area contributed by atoms with Crippen molar-refractivity contribution in [1.82, 2.24) is 14.8 Å². The normalized spacial score (nSPS) is 10.4. The molecule has 3 aromatic rings. The molecule has 0 fully saturated rings. The van der Waals surface area contributed by atoms with Gasteiger partial charge in [-0.05, 0) is 23.6 Å². The van der Waals surface area contributed by atoms with Crippen LogP contribution < -0.4 is 4.90 Å². The molecular weight excluding hydrogens is 390 g/mol. The summed E-state index contributed by atoms with van der Waals surface area (Å²) >= 11 is 2.93. The fourth-order valence-electron chi connectivity index (χ4n) is 2.65. The van der Waals surface area contributed by atoms with Gasteiger partial charge in [0.1, 0.15) is 0 Å². The van der Waals surface area contributed by atoms with Crippen LogP contribution in [0.1, 0.15) is 6.42 Å². The first-order valence-electron chi connectivity index (χ1n) is 8.67. The van der Waals surface area contributed by atoms with Crippen LogP contribution in [0.4, 0.5) is 5.69 Å². The van der Waals surface area contributed by atoms with Crippen molar-refractivity contribution in [2.45, 2.75) is 18.1 Å². The number of hydrogen-bond acceptors (Lipinski definition) is 6. The quantitative estimate of drug-likeness (QED) is 0.390. The Morgan fingerprint density at radius 3 is 2.79 bits per heavy atom. The molecule has 0 aliphatic heterocycles. The first-order valence-corrected chi connectivity index (χ1v) is 10.5. The Bertz CT molecular complexity index is 960. The van der Waals surface area contributed by atoms with Gasteiger partial charge in [0.2, 0.25) is 5.91 Å². The molecule has 0 spiro atoms. The van der Waals surface area contributed by atoms with Crippen LogP contribution in [0, 0.1) is 11.3 Å². The Morgan fingerprint density at radius 2 is 2.11 bits per heavy atom. The zero-order chi connectivity index (χ0) is 19.8. The molecule has 0 unspecified atom stereocenters. The maximum absolute atomic E-state index is 12.8. The summed E-state index contributed by atoms with van der Waals surface area (Å²) in [6, 6.07) is 15.5. The summed E-state index contributed by atoms with van der Waals surface area (Å²) in [4.78, 5) is 15.5. The maximum atomic E-state index is 12.8. The highest BCUT2D eigenvalue weighted by molar-refractivity contribution is 7.99. The van der Waals surface area contributed by atoms with Crippen LogP contribution in [0.15, 0.2) is 65.7 Å². The second-order valence-corrected chi connectivity index (χ2v) is 7.65. The average Bonchev–Trinajstić information content (AvgIpc) is 3.38. The zero-order valence-corrected chi connectivity index (χ0v) is 16.8. The molecule has 0 bridgehead atoms. The van der Waals surface area contributed by atoms with Crippen molar-refractivity contribution in [3.63, 3.8) is 0 Å². The van der Waals surface area contributed by atoms with Gasteiger partial charge < -0.3 is 4.90 Å². The Hall–Kier alpha value is -2.89. The van der Waals surface area contributed by atoms with E-state index in [-0.39, 0.29) is 18.1 Å². The van der Waals surface area contributed by atoms with Crippen LogP contribution in [-0.4, -0.2) is 33.0 Å². The van der Waals surface area contributed by atoms with Gasteiger partial charge in [0, 0.05) is 18.8 Å². The van der Waals surface area contributed by atoms with E-state index in [1.165, 1.54) is 11.8 Å². The minimum Gasteiger partial charge on any atom is -0.311 e. The minimum absolute atomic E-state index is 0.0720. The highest BCUT2D eigenvalue weighted by Crippen LogP contribution is 2.27. The van der Waals surface area contributed by atoms with E-state index in [4.69, 9.17) is 5.26 Å². The van der Waals surface area contributed by atoms with Crippen molar-refractivity contribution in [2.75, 3.05) is 17.2 Å². The Balaban J connectivity index is 1.76. The van der Waals surface area contributed by atoms with E-state index in [0.29, 0.717) is 18.2 Å². The molecule has 28 heavy (non-hydrogen) atoms. The molecule has 0 atom stereocenters. The number of thioether (sulfide) groups is 1. The monoisotopic (exact) mass is 409 g/mol. The van der Waals surface area contributed by atoms with E-state index < -0.39 is 0 Å². The van der Waals surface area contributed by atoms with Gasteiger partial charge in [-0.2, -0.15) is 5.26 Å². The van der Waals surface area contributed by atoms with Gasteiger partial charge in [-0.15, -0.1) is 28.1 Å². The van der Waals surface area contributed by atoms with E-state index in [9.17, 15) is 4.79 Å². The van der Waals surface area contributed by atoms with Crippen molar-refractivity contribution in [1.29, 1.82) is 5.26 Å². The molecule has 0 aliphatic rings. The molecule has 3 rings (SSSR count). The van der Waals surface area contributed by atoms with Gasteiger partial charge >= 0.3 is 0 Å². The number of hydrogen-bond donors (Lipinski definition) is 0. The molecule has 142 valence electrons. The average molecular weight is 410 g/mol. The van der Waals surface area contributed by atoms with Crippen molar-refractivity contribution in [3.8, 4) is 16.8 Å². The third kappa shape index (κ3) is 4.68. The van der Waals surface area contributed by atoms with E-state index in [0.717, 1.165) is 16.4 Å². The number of nitrogens with zero attached hydrogens (tertiary/aromatic N) is 5. The first-order chi connectivity index (χ1) is 13.7. The number of amides is 1. The summed E-state index contributed by atoms with van der Waals surface area (Å²) in [6.45, 7) is 4.73. The lowest BCUT2D eigenvalue weighted by Crippen LogP contribution is -2.33. The number of nitriles is 1. The fraction of sp³-hybridized carbons (Fsp3) is 0.200. The molecule has 0 saturated carbocycles. The number of benzene rings is 1. The lowest BCUT2D eigenvalue weighted by Gasteiger charge is -2.21. The van der Waals surface area contributed by atoms with Crippen molar-refractivity contribution >= 4 is 34.7 Å². The minimum atomic E-state index is -0.0720. The van der Waals surface area contributed by atoms with Crippen LogP contribution in [-0.2, 0) is 11.3 Å². The molecule has 2 aromatic heterocycles. The second kappa shape index (κ2) is 9.88. The summed E-state index contributed by atoms with van der Waals surface area (Å²) in [7, 11) is 0. The van der Waals surface area contributed by atoms with E-state index in [1.807, 2.05) is 52.4 Å². The van der Waals surface area contributed by atoms with Gasteiger partial charge in [-0.25, -0.2) is 0 Å². The highest BCUT2D eigenvalue weighted by Gasteiger charge is 2.19. The number of carbonyl (C=O) groups is 1. The molecule has 2 heterocycles. The maximum Gasteiger partial charge on any atom is 0.237 e. The Labute approximate surface area is 172 Å². The molecule has 0 N–H and O–H groups in total. The lowest BCUT2D eigenvalue weighted by atomic mass is 10.2. The predicted molar refractivity (Wildman–Crippen MR) is 113 cm³/mol. The van der Waals surface area contributed by atoms with Crippen LogP contribution in [0.2, 0.25) is 0 Å². The molecular formula is C20H19N5OS2. The topological polar surface area (TPSA) is 74.8 Å². The Morgan fingerprint density at radius 1 is 1.29 bits per heavy atom. The number of allylic oxidation sites excluding steroid dienone is 1. The van der Waals surface area contributed by atoms with Gasteiger partial charge in [0.05, 0.1) is 23.1 Å². The predicted octanol–water partition coefficient (Wildman–Crippen LogP) is 4.23. The number of para-hydroxylation sites is 1. The number of carbonyl (C=O) groups excluding carboxylic acids is 1. The molecule has 0 radical (unpaired) electrons. The molecule has 8 heteroatoms. The van der Waals surface area contributed by atoms with Crippen LogP contribution >= 0.6 is 23.1 Å². The summed E-state index contributed by atoms with van der Waals surface area (Å²) in [5.74, 6) is 0.909. The van der Waals surface area contributed by atoms with Crippen LogP contribution in [0.3, 0.4) is 0 Å². The summed E-state index contributed by atoms with van der Waals surface area (Å²) in [5.41, 5.74) is 0.787. The van der Waals surface area contributed by atoms with E-state index in [2.05, 4.69) is 22.8 Å². The molecule has 1 amide bonds. The third-order valence-electron chi connectivity index (χ3n) is 3.91. The van der Waals surface area contributed by atoms with Gasteiger partial charge in [0.15, 0.2) is 11.0 Å². The third-order valence-corrected chi connectivity index (χ3v) is 5.73. The Kier molecular flexibility index (Phi) is 7.00. The zero-order valence-electron chi connectivity index (χ0n) is 15.2. The van der Waals surface area contributed by atoms with Gasteiger partial charge in [-0.3, -0.25) is 9.36 Å². The van der Waals surface area contributed by atoms with Crippen molar-refractivity contribution in [3.05, 3.63) is 60.5 Å². The number of thiophene rings is 1.